The number of halogens is 1. The van der Waals surface area contributed by atoms with Gasteiger partial charge in [0, 0.05) is 23.2 Å². The predicted molar refractivity (Wildman–Crippen MR) is 118 cm³/mol. The van der Waals surface area contributed by atoms with Gasteiger partial charge in [0.2, 0.25) is 0 Å². The summed E-state index contributed by atoms with van der Waals surface area (Å²) < 4.78 is 1.09. The van der Waals surface area contributed by atoms with Crippen molar-refractivity contribution >= 4 is 33.3 Å². The molecule has 0 aromatic heterocycles. The molecule has 0 aliphatic carbocycles. The van der Waals surface area contributed by atoms with Crippen LogP contribution in [0.25, 0.3) is 11.6 Å². The van der Waals surface area contributed by atoms with Crippen LogP contribution in [0.15, 0.2) is 83.3 Å². The Hall–Kier alpha value is -2.32. The smallest absolute Gasteiger partial charge is 0.0366 e. The fourth-order valence-corrected chi connectivity index (χ4v) is 3.38. The van der Waals surface area contributed by atoms with Crippen LogP contribution in [0.2, 0.25) is 0 Å². The average Bonchev–Trinajstić information content (AvgIpc) is 2.70. The molecule has 26 heavy (non-hydrogen) atoms. The van der Waals surface area contributed by atoms with Crippen LogP contribution in [-0.2, 0) is 0 Å². The highest BCUT2D eigenvalue weighted by atomic mass is 79.9. The van der Waals surface area contributed by atoms with E-state index in [1.54, 1.807) is 0 Å². The van der Waals surface area contributed by atoms with Crippen LogP contribution in [-0.4, -0.2) is 13.1 Å². The van der Waals surface area contributed by atoms with Gasteiger partial charge >= 0.3 is 0 Å². The first-order valence-electron chi connectivity index (χ1n) is 9.09. The molecule has 0 radical (unpaired) electrons. The van der Waals surface area contributed by atoms with Crippen molar-refractivity contribution in [3.8, 4) is 0 Å². The zero-order valence-corrected chi connectivity index (χ0v) is 16.9. The second-order valence-corrected chi connectivity index (χ2v) is 7.11. The van der Waals surface area contributed by atoms with Gasteiger partial charge in [-0.2, -0.15) is 0 Å². The largest absolute Gasteiger partial charge is 0.372 e. The van der Waals surface area contributed by atoms with Crippen LogP contribution in [0.4, 0.5) is 5.69 Å². The van der Waals surface area contributed by atoms with Gasteiger partial charge in [0.1, 0.15) is 0 Å². The summed E-state index contributed by atoms with van der Waals surface area (Å²) in [5.74, 6) is 0. The van der Waals surface area contributed by atoms with Crippen molar-refractivity contribution in [2.75, 3.05) is 18.0 Å². The highest BCUT2D eigenvalue weighted by Crippen LogP contribution is 2.28. The Morgan fingerprint density at radius 2 is 1.35 bits per heavy atom. The molecule has 0 N–H and O–H groups in total. The third kappa shape index (κ3) is 4.44. The Labute approximate surface area is 165 Å². The maximum atomic E-state index is 3.53. The molecule has 0 unspecified atom stereocenters. The van der Waals surface area contributed by atoms with Gasteiger partial charge in [0.15, 0.2) is 0 Å². The highest BCUT2D eigenvalue weighted by molar-refractivity contribution is 9.10. The lowest BCUT2D eigenvalue weighted by molar-refractivity contribution is 0.866. The molecule has 0 atom stereocenters. The predicted octanol–water partition coefficient (Wildman–Crippen LogP) is 6.88. The molecule has 0 aliphatic heterocycles. The molecule has 0 aliphatic rings. The lowest BCUT2D eigenvalue weighted by Crippen LogP contribution is -2.21. The normalized spacial score (nSPS) is 11.4. The van der Waals surface area contributed by atoms with Gasteiger partial charge in [0.25, 0.3) is 0 Å². The van der Waals surface area contributed by atoms with Crippen LogP contribution in [0.1, 0.15) is 30.5 Å². The van der Waals surface area contributed by atoms with Crippen molar-refractivity contribution in [1.29, 1.82) is 0 Å². The highest BCUT2D eigenvalue weighted by Gasteiger charge is 2.06. The van der Waals surface area contributed by atoms with Crippen molar-refractivity contribution in [3.05, 3.63) is 100 Å². The SMILES string of the molecule is CCN(CC)c1ccc(C=C(c2ccccc2)c2ccc(Br)cc2)cc1. The van der Waals surface area contributed by atoms with Gasteiger partial charge < -0.3 is 4.90 Å². The number of rotatable bonds is 6. The number of nitrogens with zero attached hydrogens (tertiary/aromatic N) is 1. The lowest BCUT2D eigenvalue weighted by atomic mass is 9.96. The number of benzene rings is 3. The Morgan fingerprint density at radius 1 is 0.769 bits per heavy atom. The van der Waals surface area contributed by atoms with Crippen LogP contribution in [0.5, 0.6) is 0 Å². The maximum Gasteiger partial charge on any atom is 0.0366 e. The summed E-state index contributed by atoms with van der Waals surface area (Å²) in [5.41, 5.74) is 6.16. The van der Waals surface area contributed by atoms with Gasteiger partial charge in [-0.1, -0.05) is 70.5 Å². The van der Waals surface area contributed by atoms with Crippen molar-refractivity contribution < 1.29 is 0 Å². The molecular formula is C24H24BrN. The van der Waals surface area contributed by atoms with E-state index in [1.807, 2.05) is 0 Å². The Morgan fingerprint density at radius 3 is 1.92 bits per heavy atom. The fourth-order valence-electron chi connectivity index (χ4n) is 3.12. The molecule has 1 nitrogen and oxygen atoms in total. The second kappa shape index (κ2) is 8.86. The summed E-state index contributed by atoms with van der Waals surface area (Å²) in [6, 6.07) is 27.9. The standard InChI is InChI=1S/C24H24BrN/c1-3-26(4-2)23-16-10-19(11-17-23)18-24(20-8-6-5-7-9-20)21-12-14-22(25)15-13-21/h5-18H,3-4H2,1-2H3. The monoisotopic (exact) mass is 405 g/mol. The van der Waals surface area contributed by atoms with E-state index in [0.29, 0.717) is 0 Å². The van der Waals surface area contributed by atoms with Crippen molar-refractivity contribution in [2.24, 2.45) is 0 Å². The van der Waals surface area contributed by atoms with E-state index in [4.69, 9.17) is 0 Å². The summed E-state index contributed by atoms with van der Waals surface area (Å²) in [6.45, 7) is 6.44. The molecule has 0 bridgehead atoms. The fraction of sp³-hybridized carbons (Fsp3) is 0.167. The molecule has 0 spiro atoms. The summed E-state index contributed by atoms with van der Waals surface area (Å²) in [5, 5.41) is 0. The quantitative estimate of drug-likeness (QED) is 0.403. The molecule has 132 valence electrons. The Kier molecular flexibility index (Phi) is 6.30. The van der Waals surface area contributed by atoms with Crippen LogP contribution >= 0.6 is 15.9 Å². The minimum absolute atomic E-state index is 1.03. The molecule has 0 saturated carbocycles. The molecule has 2 heteroatoms. The van der Waals surface area contributed by atoms with Crippen LogP contribution in [0, 0.1) is 0 Å². The van der Waals surface area contributed by atoms with Gasteiger partial charge in [-0.25, -0.2) is 0 Å². The third-order valence-corrected chi connectivity index (χ3v) is 5.10. The van der Waals surface area contributed by atoms with Crippen LogP contribution < -0.4 is 4.90 Å². The average molecular weight is 406 g/mol. The maximum absolute atomic E-state index is 3.53. The van der Waals surface area contributed by atoms with E-state index in [2.05, 4.69) is 120 Å². The third-order valence-electron chi connectivity index (χ3n) is 4.57. The first-order valence-corrected chi connectivity index (χ1v) is 9.88. The number of anilines is 1. The van der Waals surface area contributed by atoms with E-state index in [-0.39, 0.29) is 0 Å². The van der Waals surface area contributed by atoms with Crippen molar-refractivity contribution in [1.82, 2.24) is 0 Å². The minimum atomic E-state index is 1.03. The number of hydrogen-bond donors (Lipinski definition) is 0. The molecule has 3 rings (SSSR count). The minimum Gasteiger partial charge on any atom is -0.372 e. The van der Waals surface area contributed by atoms with E-state index in [0.717, 1.165) is 17.6 Å². The Bertz CT molecular complexity index is 845. The van der Waals surface area contributed by atoms with E-state index >= 15 is 0 Å². The molecule has 0 saturated heterocycles. The van der Waals surface area contributed by atoms with Gasteiger partial charge in [-0.3, -0.25) is 0 Å². The zero-order chi connectivity index (χ0) is 18.4. The molecular weight excluding hydrogens is 382 g/mol. The molecule has 0 heterocycles. The summed E-state index contributed by atoms with van der Waals surface area (Å²) in [4.78, 5) is 2.36. The van der Waals surface area contributed by atoms with E-state index in [9.17, 15) is 0 Å². The molecule has 3 aromatic rings. The first-order chi connectivity index (χ1) is 12.7. The van der Waals surface area contributed by atoms with Crippen molar-refractivity contribution in [2.45, 2.75) is 13.8 Å². The molecule has 3 aromatic carbocycles. The first kappa shape index (κ1) is 18.5. The topological polar surface area (TPSA) is 3.24 Å². The van der Waals surface area contributed by atoms with Gasteiger partial charge in [0.05, 0.1) is 0 Å². The van der Waals surface area contributed by atoms with E-state index < -0.39 is 0 Å². The van der Waals surface area contributed by atoms with E-state index in [1.165, 1.54) is 28.0 Å². The van der Waals surface area contributed by atoms with Gasteiger partial charge in [-0.15, -0.1) is 0 Å². The molecule has 0 fully saturated rings. The number of hydrogen-bond acceptors (Lipinski definition) is 1. The zero-order valence-electron chi connectivity index (χ0n) is 15.3. The summed E-state index contributed by atoms with van der Waals surface area (Å²) in [7, 11) is 0. The molecule has 0 amide bonds. The summed E-state index contributed by atoms with van der Waals surface area (Å²) >= 11 is 3.53. The second-order valence-electron chi connectivity index (χ2n) is 6.19. The Balaban J connectivity index is 2.00. The van der Waals surface area contributed by atoms with Crippen LogP contribution in [0.3, 0.4) is 0 Å². The van der Waals surface area contributed by atoms with Crippen molar-refractivity contribution in [3.63, 3.8) is 0 Å². The van der Waals surface area contributed by atoms with Gasteiger partial charge in [-0.05, 0) is 66.5 Å². The lowest BCUT2D eigenvalue weighted by Gasteiger charge is -2.21. The summed E-state index contributed by atoms with van der Waals surface area (Å²) in [6.07, 6.45) is 2.27.